The minimum Gasteiger partial charge on any atom is -0.508 e. The number of alkyl halides is 1. The lowest BCUT2D eigenvalue weighted by molar-refractivity contribution is -0.115. The Bertz CT molecular complexity index is 5000. The summed E-state index contributed by atoms with van der Waals surface area (Å²) < 4.78 is 19.3. The molecule has 1 aliphatic carbocycles. The summed E-state index contributed by atoms with van der Waals surface area (Å²) in [6.45, 7) is 103. The molecule has 690 valence electrons. The third-order valence-corrected chi connectivity index (χ3v) is 24.4. The Labute approximate surface area is 775 Å². The van der Waals surface area contributed by atoms with Gasteiger partial charge in [0.2, 0.25) is 5.78 Å². The number of carbonyl (C=O) groups excluding carboxylic acids is 1. The van der Waals surface area contributed by atoms with Gasteiger partial charge in [-0.25, -0.2) is 0 Å². The number of ether oxygens (including phenoxy) is 3. The number of ketones is 1. The molecular weight excluding hydrogens is 1620 g/mol. The van der Waals surface area contributed by atoms with Crippen LogP contribution in [-0.2, 0) is 80.6 Å². The zero-order valence-electron chi connectivity index (χ0n) is 86.3. The summed E-state index contributed by atoms with van der Waals surface area (Å²) in [5.41, 5.74) is 14.1. The standard InChI is InChI=1S/C28H40Cl2O2.C28H41ClO2.C28H42O2.C14H21ClO.C14H22O/c1-24(2,3)17-13-18(25(4,5)6)23(20(29)14-17)32-21-16-28(30,27(10,11)12)15-19(22(21)31)26(7,8)9;1-25(2,3)17-14-20(28(10,11)12)24(21(29)15-17)31-22-16-18(26(4,5)6)13-19(23(22)30)27(7,8)9;1-25(2,3)18-13-14-22(20(15-18)27(7,8)9)30-23-17-19(26(4,5)6)16-21(24(23)29)28(10,11)12;1-13(2,3)9-7-10(14(4,5)6)12(16)11(15)8-9;1-13(2,3)10-7-8-12(15)11(9-10)14(4,5)6/h13-16H,1-12H3;13-16,30H,1-12H3;13-17,29H,1-12H3;7-8,16H,1-6H3;7-9,15H,1-6H3. The SMILES string of the molecule is CC(C)(C)C1=CC(Cl)(C(C)(C)C)C=C(Oc2c(Cl)cc(C(C)(C)C)cc2C(C)(C)C)C1=O.CC(C)(C)c1cc(Cl)c(O)c(C(C)(C)C)c1.CC(C)(C)c1cc(Oc2c(Cl)cc(C(C)(C)C)cc2C(C)(C)C)c(O)c(C(C)(C)C)c1.CC(C)(C)c1ccc(O)c(C(C)(C)C)c1.CC(C)(C)c1ccc(Oc2cc(C(C)(C)C)cc(C(C)(C)C)c2O)c(C(C)(C)C)c1. The van der Waals surface area contributed by atoms with Crippen LogP contribution in [-0.4, -0.2) is 31.1 Å². The molecule has 1 aliphatic rings. The lowest BCUT2D eigenvalue weighted by Gasteiger charge is -2.40. The van der Waals surface area contributed by atoms with Crippen molar-refractivity contribution in [3.8, 4) is 51.7 Å². The first-order valence-corrected chi connectivity index (χ1v) is 46.0. The molecule has 0 radical (unpaired) electrons. The van der Waals surface area contributed by atoms with Gasteiger partial charge in [-0.05, 0) is 180 Å². The van der Waals surface area contributed by atoms with E-state index in [-0.39, 0.29) is 115 Å². The summed E-state index contributed by atoms with van der Waals surface area (Å²) >= 11 is 26.8. The molecule has 0 spiro atoms. The predicted molar refractivity (Wildman–Crippen MR) is 538 cm³/mol. The van der Waals surface area contributed by atoms with Gasteiger partial charge in [-0.1, -0.05) is 428 Å². The minimum atomic E-state index is -0.863. The van der Waals surface area contributed by atoms with E-state index in [1.165, 1.54) is 11.1 Å². The van der Waals surface area contributed by atoms with Crippen LogP contribution in [0, 0.1) is 10.8 Å². The van der Waals surface area contributed by atoms with E-state index < -0.39 is 4.87 Å². The lowest BCUT2D eigenvalue weighted by Crippen LogP contribution is -2.40. The zero-order chi connectivity index (χ0) is 97.1. The molecule has 0 saturated carbocycles. The molecule has 0 saturated heterocycles. The van der Waals surface area contributed by atoms with Gasteiger partial charge in [0.15, 0.2) is 28.8 Å². The van der Waals surface area contributed by atoms with Crippen molar-refractivity contribution in [3.63, 3.8) is 0 Å². The molecule has 1 unspecified atom stereocenters. The van der Waals surface area contributed by atoms with Gasteiger partial charge in [-0.2, -0.15) is 0 Å². The summed E-state index contributed by atoms with van der Waals surface area (Å²) in [4.78, 5) is 12.7. The van der Waals surface area contributed by atoms with Gasteiger partial charge >= 0.3 is 0 Å². The topological polar surface area (TPSA) is 126 Å². The third-order valence-electron chi connectivity index (χ3n) is 22.8. The van der Waals surface area contributed by atoms with E-state index >= 15 is 0 Å². The molecule has 8 nitrogen and oxygen atoms in total. The molecular formula is C112H166Cl4O8. The van der Waals surface area contributed by atoms with Gasteiger partial charge < -0.3 is 34.6 Å². The smallest absolute Gasteiger partial charge is 0.224 e. The fraction of sp³-hybridized carbons (Fsp3) is 0.580. The number of carbonyl (C=O) groups is 1. The molecule has 1 atom stereocenters. The predicted octanol–water partition coefficient (Wildman–Crippen LogP) is 34.8. The molecule has 124 heavy (non-hydrogen) atoms. The van der Waals surface area contributed by atoms with Gasteiger partial charge in [-0.3, -0.25) is 4.79 Å². The molecule has 0 heterocycles. The van der Waals surface area contributed by atoms with E-state index in [4.69, 9.17) is 60.6 Å². The van der Waals surface area contributed by atoms with Crippen LogP contribution in [0.4, 0.5) is 0 Å². The average molecular weight is 1780 g/mol. The molecule has 7 aromatic carbocycles. The second-order valence-electron chi connectivity index (χ2n) is 51.2. The highest BCUT2D eigenvalue weighted by molar-refractivity contribution is 6.33. The summed E-state index contributed by atoms with van der Waals surface area (Å²) in [6.07, 6.45) is 3.66. The maximum absolute atomic E-state index is 13.5. The van der Waals surface area contributed by atoms with Gasteiger partial charge in [0.05, 0.1) is 19.9 Å². The van der Waals surface area contributed by atoms with E-state index in [2.05, 4.69) is 366 Å². The second kappa shape index (κ2) is 37.5. The van der Waals surface area contributed by atoms with Crippen LogP contribution in [0.5, 0.6) is 51.7 Å². The van der Waals surface area contributed by atoms with Crippen molar-refractivity contribution in [1.82, 2.24) is 0 Å². The Kier molecular flexibility index (Phi) is 33.2. The molecule has 7 aromatic rings. The quantitative estimate of drug-likeness (QED) is 0.121. The number of Topliss-reactive ketones (excluding diaryl/α,β-unsaturated/α-hetero) is 1. The Morgan fingerprint density at radius 1 is 0.250 bits per heavy atom. The zero-order valence-corrected chi connectivity index (χ0v) is 89.3. The lowest BCUT2D eigenvalue weighted by atomic mass is 9.71. The molecule has 0 fully saturated rings. The molecule has 0 aliphatic heterocycles. The molecule has 0 amide bonds. The fourth-order valence-electron chi connectivity index (χ4n) is 13.7. The van der Waals surface area contributed by atoms with E-state index in [0.717, 1.165) is 72.5 Å². The maximum atomic E-state index is 13.5. The van der Waals surface area contributed by atoms with Gasteiger partial charge in [0, 0.05) is 39.0 Å². The van der Waals surface area contributed by atoms with Crippen LogP contribution in [0.1, 0.15) is 410 Å². The number of aromatic hydroxyl groups is 4. The van der Waals surface area contributed by atoms with E-state index in [1.807, 2.05) is 63.2 Å². The number of rotatable bonds is 6. The monoisotopic (exact) mass is 1780 g/mol. The molecule has 12 heteroatoms. The van der Waals surface area contributed by atoms with Crippen molar-refractivity contribution in [2.45, 2.75) is 413 Å². The first-order chi connectivity index (χ1) is 54.8. The van der Waals surface area contributed by atoms with Crippen molar-refractivity contribution in [3.05, 3.63) is 214 Å². The van der Waals surface area contributed by atoms with E-state index in [0.29, 0.717) is 49.4 Å². The Balaban J connectivity index is 0.000000335. The number of hydrogen-bond acceptors (Lipinski definition) is 8. The highest BCUT2D eigenvalue weighted by Gasteiger charge is 2.46. The van der Waals surface area contributed by atoms with Crippen molar-refractivity contribution < 1.29 is 39.4 Å². The Morgan fingerprint density at radius 3 is 0.823 bits per heavy atom. The minimum absolute atomic E-state index is 0.00859. The van der Waals surface area contributed by atoms with Crippen molar-refractivity contribution in [2.75, 3.05) is 0 Å². The second-order valence-corrected chi connectivity index (χ2v) is 53.0. The maximum Gasteiger partial charge on any atom is 0.224 e. The van der Waals surface area contributed by atoms with Crippen molar-refractivity contribution >= 4 is 52.2 Å². The first-order valence-electron chi connectivity index (χ1n) is 44.5. The van der Waals surface area contributed by atoms with Gasteiger partial charge in [-0.15, -0.1) is 11.6 Å². The third kappa shape index (κ3) is 29.0. The number of benzene rings is 7. The summed E-state index contributed by atoms with van der Waals surface area (Å²) in [6, 6.07) is 32.7. The largest absolute Gasteiger partial charge is 0.508 e. The number of phenols is 4. The summed E-state index contributed by atoms with van der Waals surface area (Å²) in [5.74, 6) is 4.03. The van der Waals surface area contributed by atoms with Crippen LogP contribution in [0.15, 0.2) is 121 Å². The molecule has 0 aromatic heterocycles. The summed E-state index contributed by atoms with van der Waals surface area (Å²) in [5, 5.41) is 43.6. The Morgan fingerprint density at radius 2 is 0.516 bits per heavy atom. The van der Waals surface area contributed by atoms with Crippen molar-refractivity contribution in [1.29, 1.82) is 0 Å². The first kappa shape index (κ1) is 110. The highest BCUT2D eigenvalue weighted by atomic mass is 35.5. The summed E-state index contributed by atoms with van der Waals surface area (Å²) in [7, 11) is 0. The van der Waals surface area contributed by atoms with Crippen LogP contribution in [0.25, 0.3) is 0 Å². The average Bonchev–Trinajstić information content (AvgIpc) is 0.758. The number of allylic oxidation sites excluding steroid dienone is 3. The fourth-order valence-corrected chi connectivity index (χ4v) is 14.7. The molecule has 4 N–H and O–H groups in total. The van der Waals surface area contributed by atoms with Crippen LogP contribution in [0.2, 0.25) is 15.1 Å². The molecule has 8 rings (SSSR count). The van der Waals surface area contributed by atoms with Gasteiger partial charge in [0.25, 0.3) is 0 Å². The van der Waals surface area contributed by atoms with Crippen LogP contribution >= 0.6 is 46.4 Å². The normalized spacial score (nSPS) is 15.2. The van der Waals surface area contributed by atoms with E-state index in [9.17, 15) is 25.2 Å². The number of phenolic OH excluding ortho intramolecular Hbond substituents is 4. The van der Waals surface area contributed by atoms with Crippen LogP contribution in [0.3, 0.4) is 0 Å². The van der Waals surface area contributed by atoms with Crippen molar-refractivity contribution in [2.24, 2.45) is 10.8 Å². The Hall–Kier alpha value is -6.55. The number of hydrogen-bond donors (Lipinski definition) is 4. The highest BCUT2D eigenvalue weighted by Crippen LogP contribution is 2.53. The van der Waals surface area contributed by atoms with E-state index in [1.54, 1.807) is 12.1 Å². The molecule has 0 bridgehead atoms. The van der Waals surface area contributed by atoms with Gasteiger partial charge in [0.1, 0.15) is 28.7 Å². The van der Waals surface area contributed by atoms with Crippen LogP contribution < -0.4 is 14.2 Å². The number of halogens is 4.